The molecule has 120 valence electrons. The standard InChI is InChI=1S/C15H19F2N3O2/c1-10(13(16)17)5-8-22-14(21)12-9-18-15(19-11(12)2)20-6-3-4-7-20/h9H,3-8H2,1-2H3. The van der Waals surface area contributed by atoms with Crippen LogP contribution < -0.4 is 4.90 Å². The van der Waals surface area contributed by atoms with Crippen LogP contribution in [0.2, 0.25) is 0 Å². The van der Waals surface area contributed by atoms with Gasteiger partial charge in [0.1, 0.15) is 0 Å². The van der Waals surface area contributed by atoms with E-state index in [2.05, 4.69) is 14.9 Å². The van der Waals surface area contributed by atoms with Gasteiger partial charge in [-0.1, -0.05) is 0 Å². The first-order chi connectivity index (χ1) is 10.5. The molecule has 0 radical (unpaired) electrons. The Hall–Kier alpha value is -2.05. The molecule has 2 heterocycles. The largest absolute Gasteiger partial charge is 0.462 e. The van der Waals surface area contributed by atoms with Crippen LogP contribution in [0.15, 0.2) is 17.9 Å². The number of anilines is 1. The van der Waals surface area contributed by atoms with E-state index in [0.717, 1.165) is 25.9 Å². The van der Waals surface area contributed by atoms with Crippen molar-refractivity contribution >= 4 is 11.9 Å². The van der Waals surface area contributed by atoms with Crippen molar-refractivity contribution in [2.45, 2.75) is 33.1 Å². The molecule has 1 aliphatic rings. The normalized spacial score (nSPS) is 14.1. The minimum atomic E-state index is -1.73. The summed E-state index contributed by atoms with van der Waals surface area (Å²) in [5, 5.41) is 0. The molecule has 0 saturated carbocycles. The molecule has 7 heteroatoms. The zero-order valence-corrected chi connectivity index (χ0v) is 12.7. The summed E-state index contributed by atoms with van der Waals surface area (Å²) in [6.45, 7) is 4.77. The maximum absolute atomic E-state index is 12.2. The van der Waals surface area contributed by atoms with E-state index in [-0.39, 0.29) is 24.2 Å². The molecule has 1 aromatic heterocycles. The molecule has 0 atom stereocenters. The summed E-state index contributed by atoms with van der Waals surface area (Å²) in [4.78, 5) is 22.5. The Morgan fingerprint density at radius 2 is 2.05 bits per heavy atom. The van der Waals surface area contributed by atoms with Gasteiger partial charge in [0.05, 0.1) is 17.9 Å². The van der Waals surface area contributed by atoms with Gasteiger partial charge in [0.15, 0.2) is 0 Å². The SMILES string of the molecule is CC(CCOC(=O)c1cnc(N2CCCC2)nc1C)=C(F)F. The number of aromatic nitrogens is 2. The second-order valence-electron chi connectivity index (χ2n) is 5.29. The van der Waals surface area contributed by atoms with Crippen molar-refractivity contribution in [1.29, 1.82) is 0 Å². The molecule has 0 spiro atoms. The molecule has 22 heavy (non-hydrogen) atoms. The fourth-order valence-corrected chi connectivity index (χ4v) is 2.19. The summed E-state index contributed by atoms with van der Waals surface area (Å²) < 4.78 is 29.5. The predicted molar refractivity (Wildman–Crippen MR) is 78.0 cm³/mol. The van der Waals surface area contributed by atoms with Gasteiger partial charge in [0.25, 0.3) is 6.08 Å². The summed E-state index contributed by atoms with van der Waals surface area (Å²) in [5.41, 5.74) is 0.723. The number of hydrogen-bond donors (Lipinski definition) is 0. The Balaban J connectivity index is 1.96. The number of esters is 1. The van der Waals surface area contributed by atoms with Crippen molar-refractivity contribution in [3.63, 3.8) is 0 Å². The highest BCUT2D eigenvalue weighted by Gasteiger charge is 2.18. The number of rotatable bonds is 5. The zero-order valence-electron chi connectivity index (χ0n) is 12.7. The topological polar surface area (TPSA) is 55.3 Å². The van der Waals surface area contributed by atoms with Crippen LogP contribution in [0.3, 0.4) is 0 Å². The average Bonchev–Trinajstić information content (AvgIpc) is 3.00. The number of halogens is 2. The third kappa shape index (κ3) is 3.99. The highest BCUT2D eigenvalue weighted by Crippen LogP contribution is 2.17. The van der Waals surface area contributed by atoms with E-state index in [9.17, 15) is 13.6 Å². The minimum Gasteiger partial charge on any atom is -0.462 e. The van der Waals surface area contributed by atoms with Gasteiger partial charge in [-0.3, -0.25) is 0 Å². The van der Waals surface area contributed by atoms with Gasteiger partial charge < -0.3 is 9.64 Å². The zero-order chi connectivity index (χ0) is 16.1. The van der Waals surface area contributed by atoms with Crippen LogP contribution in [0.5, 0.6) is 0 Å². The Morgan fingerprint density at radius 1 is 1.36 bits per heavy atom. The van der Waals surface area contributed by atoms with E-state index in [0.29, 0.717) is 11.6 Å². The smallest absolute Gasteiger partial charge is 0.341 e. The number of carbonyl (C=O) groups excluding carboxylic acids is 1. The van der Waals surface area contributed by atoms with Crippen molar-refractivity contribution in [2.24, 2.45) is 0 Å². The Morgan fingerprint density at radius 3 is 2.64 bits per heavy atom. The predicted octanol–water partition coefficient (Wildman–Crippen LogP) is 3.10. The van der Waals surface area contributed by atoms with Gasteiger partial charge >= 0.3 is 5.97 Å². The molecule has 0 unspecified atom stereocenters. The van der Waals surface area contributed by atoms with E-state index in [4.69, 9.17) is 4.74 Å². The van der Waals surface area contributed by atoms with E-state index in [1.807, 2.05) is 0 Å². The fourth-order valence-electron chi connectivity index (χ4n) is 2.19. The lowest BCUT2D eigenvalue weighted by molar-refractivity contribution is 0.0506. The molecular formula is C15H19F2N3O2. The van der Waals surface area contributed by atoms with Crippen LogP contribution in [0.1, 0.15) is 42.2 Å². The molecule has 5 nitrogen and oxygen atoms in total. The Labute approximate surface area is 128 Å². The Kier molecular flexibility index (Phi) is 5.41. The summed E-state index contributed by atoms with van der Waals surface area (Å²) in [6.07, 6.45) is 1.95. The molecule has 0 N–H and O–H groups in total. The molecule has 0 aliphatic carbocycles. The number of nitrogens with zero attached hydrogens (tertiary/aromatic N) is 3. The quantitative estimate of drug-likeness (QED) is 0.782. The van der Waals surface area contributed by atoms with Gasteiger partial charge in [-0.15, -0.1) is 0 Å². The van der Waals surface area contributed by atoms with Crippen LogP contribution in [-0.2, 0) is 4.74 Å². The lowest BCUT2D eigenvalue weighted by Gasteiger charge is -2.16. The van der Waals surface area contributed by atoms with Gasteiger partial charge in [-0.2, -0.15) is 8.78 Å². The first-order valence-electron chi connectivity index (χ1n) is 7.25. The van der Waals surface area contributed by atoms with Crippen LogP contribution >= 0.6 is 0 Å². The second-order valence-corrected chi connectivity index (χ2v) is 5.29. The maximum Gasteiger partial charge on any atom is 0.341 e. The summed E-state index contributed by atoms with van der Waals surface area (Å²) >= 11 is 0. The lowest BCUT2D eigenvalue weighted by Crippen LogP contribution is -2.21. The molecule has 1 aliphatic heterocycles. The van der Waals surface area contributed by atoms with Gasteiger partial charge in [0.2, 0.25) is 5.95 Å². The molecule has 1 fully saturated rings. The first kappa shape index (κ1) is 16.3. The van der Waals surface area contributed by atoms with Crippen LogP contribution in [0.25, 0.3) is 0 Å². The van der Waals surface area contributed by atoms with Gasteiger partial charge in [-0.25, -0.2) is 14.8 Å². The average molecular weight is 311 g/mol. The molecule has 1 aromatic rings. The van der Waals surface area contributed by atoms with Crippen LogP contribution in [0, 0.1) is 6.92 Å². The van der Waals surface area contributed by atoms with Crippen molar-refractivity contribution in [3.05, 3.63) is 29.1 Å². The molecule has 2 rings (SSSR count). The number of carbonyl (C=O) groups is 1. The number of hydrogen-bond acceptors (Lipinski definition) is 5. The molecular weight excluding hydrogens is 292 g/mol. The van der Waals surface area contributed by atoms with Crippen molar-refractivity contribution in [2.75, 3.05) is 24.6 Å². The van der Waals surface area contributed by atoms with Crippen molar-refractivity contribution < 1.29 is 18.3 Å². The molecule has 1 saturated heterocycles. The first-order valence-corrected chi connectivity index (χ1v) is 7.25. The summed E-state index contributed by atoms with van der Waals surface area (Å²) in [5.74, 6) is 0.0300. The number of ether oxygens (including phenoxy) is 1. The van der Waals surface area contributed by atoms with Gasteiger partial charge in [0, 0.05) is 25.7 Å². The van der Waals surface area contributed by atoms with Crippen LogP contribution in [-0.4, -0.2) is 35.6 Å². The second kappa shape index (κ2) is 7.29. The highest BCUT2D eigenvalue weighted by atomic mass is 19.3. The summed E-state index contributed by atoms with van der Waals surface area (Å²) in [7, 11) is 0. The third-order valence-electron chi connectivity index (χ3n) is 3.61. The highest BCUT2D eigenvalue weighted by molar-refractivity contribution is 5.90. The Bertz CT molecular complexity index is 580. The van der Waals surface area contributed by atoms with E-state index in [1.165, 1.54) is 13.1 Å². The van der Waals surface area contributed by atoms with Crippen molar-refractivity contribution in [3.8, 4) is 0 Å². The third-order valence-corrected chi connectivity index (χ3v) is 3.61. The maximum atomic E-state index is 12.2. The van der Waals surface area contributed by atoms with Crippen molar-refractivity contribution in [1.82, 2.24) is 9.97 Å². The van der Waals surface area contributed by atoms with E-state index in [1.54, 1.807) is 6.92 Å². The fraction of sp³-hybridized carbons (Fsp3) is 0.533. The van der Waals surface area contributed by atoms with Gasteiger partial charge in [-0.05, 0) is 32.3 Å². The molecule has 0 aromatic carbocycles. The van der Waals surface area contributed by atoms with E-state index < -0.39 is 12.0 Å². The molecule has 0 amide bonds. The summed E-state index contributed by atoms with van der Waals surface area (Å²) in [6, 6.07) is 0. The van der Waals surface area contributed by atoms with Crippen LogP contribution in [0.4, 0.5) is 14.7 Å². The minimum absolute atomic E-state index is 0.0137. The monoisotopic (exact) mass is 311 g/mol. The molecule has 0 bridgehead atoms. The number of aryl methyl sites for hydroxylation is 1. The lowest BCUT2D eigenvalue weighted by atomic mass is 10.2. The van der Waals surface area contributed by atoms with E-state index >= 15 is 0 Å².